The second kappa shape index (κ2) is 5.61. The zero-order valence-electron chi connectivity index (χ0n) is 8.51. The van der Waals surface area contributed by atoms with Gasteiger partial charge in [-0.15, -0.1) is 0 Å². The van der Waals surface area contributed by atoms with Crippen LogP contribution >= 0.6 is 0 Å². The Morgan fingerprint density at radius 3 is 2.93 bits per heavy atom. The molecule has 1 aliphatic heterocycles. The maximum atomic E-state index is 10.0. The zero-order chi connectivity index (χ0) is 11.1. The second-order valence-electron chi connectivity index (χ2n) is 3.25. The van der Waals surface area contributed by atoms with Crippen molar-refractivity contribution in [3.8, 4) is 6.07 Å². The molecule has 0 spiro atoms. The highest BCUT2D eigenvalue weighted by Gasteiger charge is 2.38. The lowest BCUT2D eigenvalue weighted by molar-refractivity contribution is -0.305. The van der Waals surface area contributed by atoms with E-state index >= 15 is 0 Å². The topological polar surface area (TPSA) is 68.5 Å². The van der Waals surface area contributed by atoms with Crippen molar-refractivity contribution in [2.45, 2.75) is 38.3 Å². The van der Waals surface area contributed by atoms with E-state index in [1.807, 2.05) is 12.1 Å². The number of aldehydes is 1. The van der Waals surface area contributed by atoms with Crippen LogP contribution in [0, 0.1) is 11.3 Å². The van der Waals surface area contributed by atoms with Gasteiger partial charge in [-0.3, -0.25) is 4.74 Å². The summed E-state index contributed by atoms with van der Waals surface area (Å²) in [5, 5.41) is 8.64. The number of ether oxygens (including phenoxy) is 1. The Labute approximate surface area is 88.2 Å². The molecule has 2 atom stereocenters. The number of nitriles is 1. The minimum atomic E-state index is -1.32. The van der Waals surface area contributed by atoms with Gasteiger partial charge in [-0.05, 0) is 18.9 Å². The molecule has 0 radical (unpaired) electrons. The summed E-state index contributed by atoms with van der Waals surface area (Å²) in [7, 11) is 0. The SMILES string of the molecule is CC1(C#N)OOC(/C=C\CCCC=O)O1. The lowest BCUT2D eigenvalue weighted by Gasteiger charge is -2.07. The van der Waals surface area contributed by atoms with Crippen LogP contribution < -0.4 is 0 Å². The second-order valence-corrected chi connectivity index (χ2v) is 3.25. The van der Waals surface area contributed by atoms with Crippen molar-refractivity contribution in [1.29, 1.82) is 5.26 Å². The Hall–Kier alpha value is -1.22. The van der Waals surface area contributed by atoms with Crippen LogP contribution in [-0.4, -0.2) is 18.4 Å². The first-order chi connectivity index (χ1) is 7.20. The van der Waals surface area contributed by atoms with Crippen LogP contribution in [0.4, 0.5) is 0 Å². The van der Waals surface area contributed by atoms with Crippen LogP contribution in [0.2, 0.25) is 0 Å². The van der Waals surface area contributed by atoms with Gasteiger partial charge in [-0.2, -0.15) is 15.0 Å². The summed E-state index contributed by atoms with van der Waals surface area (Å²) < 4.78 is 5.14. The van der Waals surface area contributed by atoms with Crippen molar-refractivity contribution >= 4 is 6.29 Å². The predicted octanol–water partition coefficient (Wildman–Crippen LogP) is 1.46. The predicted molar refractivity (Wildman–Crippen MR) is 50.1 cm³/mol. The van der Waals surface area contributed by atoms with Crippen molar-refractivity contribution in [2.24, 2.45) is 0 Å². The van der Waals surface area contributed by atoms with E-state index in [-0.39, 0.29) is 0 Å². The van der Waals surface area contributed by atoms with E-state index in [0.29, 0.717) is 6.42 Å². The van der Waals surface area contributed by atoms with Gasteiger partial charge in [-0.1, -0.05) is 6.08 Å². The Morgan fingerprint density at radius 2 is 2.33 bits per heavy atom. The summed E-state index contributed by atoms with van der Waals surface area (Å²) in [4.78, 5) is 19.5. The number of carbonyl (C=O) groups is 1. The van der Waals surface area contributed by atoms with Crippen LogP contribution in [0.1, 0.15) is 26.2 Å². The first kappa shape index (κ1) is 11.9. The van der Waals surface area contributed by atoms with Gasteiger partial charge in [0.05, 0.1) is 0 Å². The molecule has 1 heterocycles. The quantitative estimate of drug-likeness (QED) is 0.298. The van der Waals surface area contributed by atoms with Gasteiger partial charge in [-0.25, -0.2) is 0 Å². The van der Waals surface area contributed by atoms with Gasteiger partial charge >= 0.3 is 0 Å². The number of allylic oxidation sites excluding steroid dienone is 1. The maximum Gasteiger partial charge on any atom is 0.289 e. The van der Waals surface area contributed by atoms with Crippen molar-refractivity contribution < 1.29 is 19.3 Å². The summed E-state index contributed by atoms with van der Waals surface area (Å²) in [6, 6.07) is 1.83. The lowest BCUT2D eigenvalue weighted by atomic mass is 10.2. The molecule has 0 saturated carbocycles. The highest BCUT2D eigenvalue weighted by molar-refractivity contribution is 5.48. The van der Waals surface area contributed by atoms with Gasteiger partial charge < -0.3 is 4.79 Å². The smallest absolute Gasteiger partial charge is 0.289 e. The summed E-state index contributed by atoms with van der Waals surface area (Å²) in [5.41, 5.74) is 0. The summed E-state index contributed by atoms with van der Waals surface area (Å²) in [6.45, 7) is 1.48. The molecule has 0 aromatic rings. The van der Waals surface area contributed by atoms with Gasteiger partial charge in [0.1, 0.15) is 12.4 Å². The average Bonchev–Trinajstić information content (AvgIpc) is 2.61. The van der Waals surface area contributed by atoms with Crippen LogP contribution in [-0.2, 0) is 19.3 Å². The minimum Gasteiger partial charge on any atom is -0.303 e. The van der Waals surface area contributed by atoms with E-state index in [0.717, 1.165) is 19.1 Å². The first-order valence-corrected chi connectivity index (χ1v) is 4.74. The van der Waals surface area contributed by atoms with Crippen molar-refractivity contribution in [3.63, 3.8) is 0 Å². The zero-order valence-corrected chi connectivity index (χ0v) is 8.51. The Balaban J connectivity index is 2.24. The number of rotatable bonds is 5. The van der Waals surface area contributed by atoms with Gasteiger partial charge in [0.2, 0.25) is 6.29 Å². The fourth-order valence-corrected chi connectivity index (χ4v) is 1.04. The monoisotopic (exact) mass is 211 g/mol. The molecule has 0 N–H and O–H groups in total. The van der Waals surface area contributed by atoms with E-state index in [1.54, 1.807) is 6.08 Å². The molecular weight excluding hydrogens is 198 g/mol. The summed E-state index contributed by atoms with van der Waals surface area (Å²) in [6.07, 6.45) is 5.84. The van der Waals surface area contributed by atoms with E-state index in [2.05, 4.69) is 4.89 Å². The van der Waals surface area contributed by atoms with Crippen LogP contribution in [0.3, 0.4) is 0 Å². The minimum absolute atomic E-state index is 0.545. The van der Waals surface area contributed by atoms with Gasteiger partial charge in [0.15, 0.2) is 0 Å². The number of carbonyl (C=O) groups excluding carboxylic acids is 1. The molecular formula is C10H13NO4. The molecule has 1 saturated heterocycles. The van der Waals surface area contributed by atoms with Crippen LogP contribution in [0.5, 0.6) is 0 Å². The fraction of sp³-hybridized carbons (Fsp3) is 0.600. The highest BCUT2D eigenvalue weighted by atomic mass is 17.3. The Morgan fingerprint density at radius 1 is 1.53 bits per heavy atom. The Kier molecular flexibility index (Phi) is 4.43. The third-order valence-electron chi connectivity index (χ3n) is 1.83. The van der Waals surface area contributed by atoms with Crippen molar-refractivity contribution in [1.82, 2.24) is 0 Å². The van der Waals surface area contributed by atoms with Crippen LogP contribution in [0.25, 0.3) is 0 Å². The molecule has 0 amide bonds. The van der Waals surface area contributed by atoms with E-state index in [1.165, 1.54) is 6.92 Å². The molecule has 15 heavy (non-hydrogen) atoms. The summed E-state index contributed by atoms with van der Waals surface area (Å²) >= 11 is 0. The highest BCUT2D eigenvalue weighted by Crippen LogP contribution is 2.24. The van der Waals surface area contributed by atoms with Crippen LogP contribution in [0.15, 0.2) is 12.2 Å². The molecule has 0 aromatic carbocycles. The largest absolute Gasteiger partial charge is 0.303 e. The first-order valence-electron chi connectivity index (χ1n) is 4.74. The van der Waals surface area contributed by atoms with Gasteiger partial charge in [0, 0.05) is 13.3 Å². The van der Waals surface area contributed by atoms with E-state index in [4.69, 9.17) is 14.9 Å². The lowest BCUT2D eigenvalue weighted by Crippen LogP contribution is -2.23. The standard InChI is InChI=1S/C10H13NO4/c1-10(8-11)13-9(14-15-10)6-4-2-3-5-7-12/h4,6-7,9H,2-3,5H2,1H3/b6-4-. The van der Waals surface area contributed by atoms with E-state index < -0.39 is 12.1 Å². The number of unbranched alkanes of at least 4 members (excludes halogenated alkanes) is 2. The molecule has 1 aliphatic rings. The molecule has 82 valence electrons. The molecule has 1 fully saturated rings. The van der Waals surface area contributed by atoms with Crippen molar-refractivity contribution in [2.75, 3.05) is 0 Å². The maximum absolute atomic E-state index is 10.0. The summed E-state index contributed by atoms with van der Waals surface area (Å²) in [5.74, 6) is -1.32. The average molecular weight is 211 g/mol. The van der Waals surface area contributed by atoms with Crippen molar-refractivity contribution in [3.05, 3.63) is 12.2 Å². The molecule has 5 nitrogen and oxygen atoms in total. The fourth-order valence-electron chi connectivity index (χ4n) is 1.04. The molecule has 5 heteroatoms. The molecule has 0 bridgehead atoms. The van der Waals surface area contributed by atoms with Gasteiger partial charge in [0.25, 0.3) is 5.79 Å². The third-order valence-corrected chi connectivity index (χ3v) is 1.83. The third kappa shape index (κ3) is 3.80. The molecule has 1 rings (SSSR count). The molecule has 2 unspecified atom stereocenters. The molecule has 0 aliphatic carbocycles. The number of hydrogen-bond acceptors (Lipinski definition) is 5. The van der Waals surface area contributed by atoms with E-state index in [9.17, 15) is 4.79 Å². The Bertz CT molecular complexity index is 284. The normalized spacial score (nSPS) is 30.5. The molecule has 0 aromatic heterocycles. The number of nitrogens with zero attached hydrogens (tertiary/aromatic N) is 1. The number of hydrogen-bond donors (Lipinski definition) is 0.